The standard InChI is InChI=1S/C23H26F3N7O.H2S/c1-13(2)21-22(34)30-20-14(3)29-19(9-18(20)32(21)4)28-11-16-7-8-33(31-16)12-17-6-5-15(10-27-17)23(24,25)26;/h5-10,13,21H,11-12H2,1-4H3,(H,28,29)(H,30,34);1H2/t21-;/m0./s1. The molecule has 3 aromatic heterocycles. The second-order valence-electron chi connectivity index (χ2n) is 8.67. The molecule has 188 valence electrons. The van der Waals surface area contributed by atoms with Crippen LogP contribution in [0.25, 0.3) is 0 Å². The predicted octanol–water partition coefficient (Wildman–Crippen LogP) is 4.19. The maximum absolute atomic E-state index is 12.7. The number of nitrogens with one attached hydrogen (secondary N) is 2. The third kappa shape index (κ3) is 5.69. The zero-order valence-corrected chi connectivity index (χ0v) is 20.8. The molecule has 4 heterocycles. The molecule has 0 saturated heterocycles. The summed E-state index contributed by atoms with van der Waals surface area (Å²) in [5, 5.41) is 10.7. The van der Waals surface area contributed by atoms with Crippen molar-refractivity contribution in [3.8, 4) is 0 Å². The van der Waals surface area contributed by atoms with Gasteiger partial charge in [-0.1, -0.05) is 13.8 Å². The molecule has 0 aromatic carbocycles. The van der Waals surface area contributed by atoms with Crippen LogP contribution in [0.4, 0.5) is 30.4 Å². The van der Waals surface area contributed by atoms with Gasteiger partial charge in [0.15, 0.2) is 0 Å². The van der Waals surface area contributed by atoms with Crippen LogP contribution in [0.3, 0.4) is 0 Å². The fraction of sp³-hybridized carbons (Fsp3) is 0.391. The van der Waals surface area contributed by atoms with Gasteiger partial charge in [-0.25, -0.2) is 4.98 Å². The number of rotatable bonds is 6. The predicted molar refractivity (Wildman–Crippen MR) is 133 cm³/mol. The topological polar surface area (TPSA) is 88.0 Å². The lowest BCUT2D eigenvalue weighted by Crippen LogP contribution is -2.49. The molecule has 0 aliphatic carbocycles. The molecule has 0 bridgehead atoms. The molecule has 0 fully saturated rings. The average Bonchev–Trinajstić information content (AvgIpc) is 3.20. The summed E-state index contributed by atoms with van der Waals surface area (Å²) < 4.78 is 39.7. The van der Waals surface area contributed by atoms with E-state index in [0.29, 0.717) is 29.4 Å². The van der Waals surface area contributed by atoms with Crippen molar-refractivity contribution < 1.29 is 18.0 Å². The Hall–Kier alpha value is -3.28. The number of carbonyl (C=O) groups is 1. The van der Waals surface area contributed by atoms with Crippen LogP contribution in [0, 0.1) is 12.8 Å². The minimum Gasteiger partial charge on any atom is -0.364 e. The lowest BCUT2D eigenvalue weighted by atomic mass is 9.98. The summed E-state index contributed by atoms with van der Waals surface area (Å²) in [6.07, 6.45) is -1.83. The number of nitrogens with zero attached hydrogens (tertiary/aromatic N) is 5. The van der Waals surface area contributed by atoms with Crippen LogP contribution in [-0.2, 0) is 24.1 Å². The van der Waals surface area contributed by atoms with Crippen LogP contribution in [0.2, 0.25) is 0 Å². The Morgan fingerprint density at radius 3 is 2.57 bits per heavy atom. The van der Waals surface area contributed by atoms with Gasteiger partial charge in [-0.3, -0.25) is 14.5 Å². The normalized spacial score (nSPS) is 15.5. The largest absolute Gasteiger partial charge is 0.417 e. The van der Waals surface area contributed by atoms with Crippen molar-refractivity contribution in [3.05, 3.63) is 59.3 Å². The van der Waals surface area contributed by atoms with Crippen LogP contribution in [0.5, 0.6) is 0 Å². The number of hydrogen-bond acceptors (Lipinski definition) is 6. The first-order valence-corrected chi connectivity index (χ1v) is 10.9. The Balaban J connectivity index is 0.00000342. The highest BCUT2D eigenvalue weighted by Gasteiger charge is 2.34. The minimum atomic E-state index is -4.41. The molecule has 1 aliphatic heterocycles. The molecule has 12 heteroatoms. The molecule has 3 aromatic rings. The van der Waals surface area contributed by atoms with Gasteiger partial charge in [0.1, 0.15) is 11.9 Å². The average molecular weight is 508 g/mol. The molecule has 4 rings (SSSR count). The number of hydrogen-bond donors (Lipinski definition) is 2. The summed E-state index contributed by atoms with van der Waals surface area (Å²) in [5.41, 5.74) is 2.76. The SMILES string of the molecule is Cc1nc(NCc2ccn(Cc3ccc(C(F)(F)F)cn3)n2)cc2c1NC(=O)[C@H](C(C)C)N2C.S. The van der Waals surface area contributed by atoms with Crippen LogP contribution in [-0.4, -0.2) is 38.7 Å². The highest BCUT2D eigenvalue weighted by Crippen LogP contribution is 2.36. The van der Waals surface area contributed by atoms with E-state index in [2.05, 4.69) is 25.7 Å². The van der Waals surface area contributed by atoms with Gasteiger partial charge in [0, 0.05) is 25.5 Å². The highest BCUT2D eigenvalue weighted by molar-refractivity contribution is 7.59. The number of fused-ring (bicyclic) bond motifs is 1. The van der Waals surface area contributed by atoms with Crippen LogP contribution >= 0.6 is 13.5 Å². The van der Waals surface area contributed by atoms with Gasteiger partial charge in [-0.05, 0) is 31.0 Å². The maximum atomic E-state index is 12.7. The van der Waals surface area contributed by atoms with Crippen LogP contribution < -0.4 is 15.5 Å². The van der Waals surface area contributed by atoms with E-state index in [0.717, 1.165) is 23.6 Å². The molecule has 1 aliphatic rings. The quantitative estimate of drug-likeness (QED) is 0.520. The summed E-state index contributed by atoms with van der Waals surface area (Å²) in [6, 6.07) is 5.82. The van der Waals surface area contributed by atoms with Crippen molar-refractivity contribution in [2.24, 2.45) is 5.92 Å². The molecular formula is C23H28F3N7OS. The van der Waals surface area contributed by atoms with E-state index in [-0.39, 0.29) is 37.9 Å². The fourth-order valence-electron chi connectivity index (χ4n) is 4.07. The zero-order valence-electron chi connectivity index (χ0n) is 19.8. The van der Waals surface area contributed by atoms with E-state index in [1.54, 1.807) is 10.9 Å². The molecule has 2 N–H and O–H groups in total. The van der Waals surface area contributed by atoms with Gasteiger partial charge in [0.2, 0.25) is 5.91 Å². The number of likely N-dealkylation sites (N-methyl/N-ethyl adjacent to an activating group) is 1. The third-order valence-corrected chi connectivity index (χ3v) is 5.75. The van der Waals surface area contributed by atoms with E-state index in [9.17, 15) is 18.0 Å². The number of carbonyl (C=O) groups excluding carboxylic acids is 1. The van der Waals surface area contributed by atoms with Crippen molar-refractivity contribution in [3.63, 3.8) is 0 Å². The van der Waals surface area contributed by atoms with Crippen LogP contribution in [0.1, 0.15) is 36.5 Å². The van der Waals surface area contributed by atoms with Gasteiger partial charge in [-0.15, -0.1) is 0 Å². The second kappa shape index (κ2) is 10.1. The summed E-state index contributed by atoms with van der Waals surface area (Å²) in [5.74, 6) is 0.760. The minimum absolute atomic E-state index is 0. The summed E-state index contributed by atoms with van der Waals surface area (Å²) in [6.45, 7) is 6.53. The Morgan fingerprint density at radius 2 is 1.94 bits per heavy atom. The van der Waals surface area contributed by atoms with Crippen molar-refractivity contribution in [2.75, 3.05) is 22.6 Å². The van der Waals surface area contributed by atoms with Crippen molar-refractivity contribution >= 4 is 36.6 Å². The molecule has 8 nitrogen and oxygen atoms in total. The Labute approximate surface area is 208 Å². The number of pyridine rings is 2. The zero-order chi connectivity index (χ0) is 24.6. The lowest BCUT2D eigenvalue weighted by molar-refractivity contribution is -0.137. The summed E-state index contributed by atoms with van der Waals surface area (Å²) in [4.78, 5) is 22.9. The van der Waals surface area contributed by atoms with Gasteiger partial charge >= 0.3 is 6.18 Å². The van der Waals surface area contributed by atoms with E-state index in [1.165, 1.54) is 6.07 Å². The Morgan fingerprint density at radius 1 is 1.20 bits per heavy atom. The van der Waals surface area contributed by atoms with E-state index in [4.69, 9.17) is 0 Å². The Bertz CT molecular complexity index is 1190. The molecule has 1 amide bonds. The third-order valence-electron chi connectivity index (χ3n) is 5.75. The van der Waals surface area contributed by atoms with Gasteiger partial charge < -0.3 is 15.5 Å². The van der Waals surface area contributed by atoms with E-state index < -0.39 is 11.7 Å². The fourth-order valence-corrected chi connectivity index (χ4v) is 4.07. The number of aryl methyl sites for hydroxylation is 1. The molecule has 35 heavy (non-hydrogen) atoms. The molecule has 0 saturated carbocycles. The maximum Gasteiger partial charge on any atom is 0.417 e. The summed E-state index contributed by atoms with van der Waals surface area (Å²) >= 11 is 0. The lowest BCUT2D eigenvalue weighted by Gasteiger charge is -2.38. The molecule has 0 unspecified atom stereocenters. The van der Waals surface area contributed by atoms with E-state index >= 15 is 0 Å². The van der Waals surface area contributed by atoms with Crippen molar-refractivity contribution in [1.29, 1.82) is 0 Å². The first kappa shape index (κ1) is 26.3. The molecule has 1 atom stereocenters. The first-order chi connectivity index (χ1) is 16.0. The monoisotopic (exact) mass is 507 g/mol. The number of alkyl halides is 3. The first-order valence-electron chi connectivity index (χ1n) is 10.9. The molecule has 0 spiro atoms. The second-order valence-corrected chi connectivity index (χ2v) is 8.67. The van der Waals surface area contributed by atoms with Crippen molar-refractivity contribution in [2.45, 2.75) is 46.1 Å². The van der Waals surface area contributed by atoms with Gasteiger partial charge in [-0.2, -0.15) is 31.8 Å². The van der Waals surface area contributed by atoms with Crippen LogP contribution in [0.15, 0.2) is 36.7 Å². The van der Waals surface area contributed by atoms with Gasteiger partial charge in [0.05, 0.1) is 47.1 Å². The highest BCUT2D eigenvalue weighted by atomic mass is 32.1. The number of halogens is 3. The molecule has 0 radical (unpaired) electrons. The molecular weight excluding hydrogens is 479 g/mol. The van der Waals surface area contributed by atoms with Gasteiger partial charge in [0.25, 0.3) is 0 Å². The number of anilines is 3. The smallest absolute Gasteiger partial charge is 0.364 e. The summed E-state index contributed by atoms with van der Waals surface area (Å²) in [7, 11) is 1.91. The van der Waals surface area contributed by atoms with Crippen molar-refractivity contribution in [1.82, 2.24) is 19.7 Å². The number of amides is 1. The number of aromatic nitrogens is 4. The Kier molecular flexibility index (Phi) is 7.63. The van der Waals surface area contributed by atoms with E-state index in [1.807, 2.05) is 44.9 Å².